The van der Waals surface area contributed by atoms with Crippen molar-refractivity contribution in [2.45, 2.75) is 87.9 Å². The van der Waals surface area contributed by atoms with Crippen molar-refractivity contribution in [3.05, 3.63) is 0 Å². The average Bonchev–Trinajstić information content (AvgIpc) is 2.38. The van der Waals surface area contributed by atoms with Crippen molar-refractivity contribution < 1.29 is 8.78 Å². The van der Waals surface area contributed by atoms with Crippen molar-refractivity contribution in [3.8, 4) is 0 Å². The molecule has 0 spiro atoms. The van der Waals surface area contributed by atoms with Crippen molar-refractivity contribution in [1.29, 1.82) is 0 Å². The summed E-state index contributed by atoms with van der Waals surface area (Å²) in [6.07, 6.45) is 7.53. The summed E-state index contributed by atoms with van der Waals surface area (Å²) >= 11 is 2.54. The average molecular weight is 386 g/mol. The van der Waals surface area contributed by atoms with Crippen LogP contribution in [-0.4, -0.2) is 16.3 Å². The summed E-state index contributed by atoms with van der Waals surface area (Å²) in [6.45, 7) is 4.06. The second kappa shape index (κ2) is 9.51. The van der Waals surface area contributed by atoms with Crippen LogP contribution in [0.5, 0.6) is 0 Å². The van der Waals surface area contributed by atoms with Crippen molar-refractivity contribution in [3.63, 3.8) is 0 Å². The monoisotopic (exact) mass is 386 g/mol. The molecule has 3 heteroatoms. The molecule has 1 saturated carbocycles. The maximum absolute atomic E-state index is 13.9. The van der Waals surface area contributed by atoms with Gasteiger partial charge in [0.15, 0.2) is 0 Å². The minimum Gasteiger partial charge on any atom is -0.244 e. The predicted octanol–water partition coefficient (Wildman–Crippen LogP) is 6.26. The van der Waals surface area contributed by atoms with E-state index >= 15 is 0 Å². The van der Waals surface area contributed by atoms with E-state index in [9.17, 15) is 8.78 Å². The second-order valence-corrected chi connectivity index (χ2v) is 7.99. The fourth-order valence-electron chi connectivity index (χ4n) is 3.08. The number of rotatable bonds is 8. The zero-order valence-corrected chi connectivity index (χ0v) is 14.5. The Balaban J connectivity index is 2.09. The van der Waals surface area contributed by atoms with Gasteiger partial charge in [0.1, 0.15) is 12.3 Å². The van der Waals surface area contributed by atoms with E-state index in [1.54, 1.807) is 0 Å². The Morgan fingerprint density at radius 1 is 1.05 bits per heavy atom. The summed E-state index contributed by atoms with van der Waals surface area (Å²) < 4.78 is 28.3. The summed E-state index contributed by atoms with van der Waals surface area (Å²) in [4.78, 5) is 0. The molecule has 0 aromatic heterocycles. The molecule has 5 atom stereocenters. The van der Waals surface area contributed by atoms with Crippen molar-refractivity contribution in [2.24, 2.45) is 11.8 Å². The van der Waals surface area contributed by atoms with Crippen LogP contribution in [0.25, 0.3) is 0 Å². The van der Waals surface area contributed by atoms with E-state index in [0.29, 0.717) is 0 Å². The zero-order valence-electron chi connectivity index (χ0n) is 12.4. The first-order valence-electron chi connectivity index (χ1n) is 7.98. The molecule has 0 aromatic rings. The third-order valence-corrected chi connectivity index (χ3v) is 5.73. The number of hydrogen-bond acceptors (Lipinski definition) is 0. The van der Waals surface area contributed by atoms with E-state index in [1.807, 2.05) is 6.92 Å². The predicted molar refractivity (Wildman–Crippen MR) is 87.5 cm³/mol. The van der Waals surface area contributed by atoms with Crippen molar-refractivity contribution in [1.82, 2.24) is 0 Å². The van der Waals surface area contributed by atoms with Gasteiger partial charge in [0.25, 0.3) is 0 Å². The van der Waals surface area contributed by atoms with E-state index in [2.05, 4.69) is 29.5 Å². The largest absolute Gasteiger partial charge is 0.244 e. The zero-order chi connectivity index (χ0) is 14.3. The first kappa shape index (κ1) is 17.6. The van der Waals surface area contributed by atoms with Gasteiger partial charge in [-0.3, -0.25) is 0 Å². The fourth-order valence-corrected chi connectivity index (χ4v) is 4.14. The Hall–Kier alpha value is 0.590. The lowest BCUT2D eigenvalue weighted by molar-refractivity contribution is 0.0253. The molecule has 0 amide bonds. The van der Waals surface area contributed by atoms with Crippen molar-refractivity contribution in [2.75, 3.05) is 0 Å². The van der Waals surface area contributed by atoms with E-state index in [1.165, 1.54) is 32.1 Å². The van der Waals surface area contributed by atoms with Crippen LogP contribution < -0.4 is 0 Å². The Morgan fingerprint density at radius 3 is 2.47 bits per heavy atom. The maximum Gasteiger partial charge on any atom is 0.134 e. The molecule has 0 heterocycles. The third kappa shape index (κ3) is 6.26. The van der Waals surface area contributed by atoms with Crippen molar-refractivity contribution >= 4 is 22.6 Å². The molecule has 5 unspecified atom stereocenters. The van der Waals surface area contributed by atoms with Crippen LogP contribution in [0.2, 0.25) is 0 Å². The van der Waals surface area contributed by atoms with Gasteiger partial charge < -0.3 is 0 Å². The molecule has 0 aromatic carbocycles. The molecule has 0 bridgehead atoms. The third-order valence-electron chi connectivity index (χ3n) is 4.49. The van der Waals surface area contributed by atoms with Crippen LogP contribution >= 0.6 is 22.6 Å². The lowest BCUT2D eigenvalue weighted by atomic mass is 9.78. The molecule has 0 saturated heterocycles. The summed E-state index contributed by atoms with van der Waals surface area (Å²) in [5.41, 5.74) is 0. The number of halogens is 3. The van der Waals surface area contributed by atoms with Gasteiger partial charge >= 0.3 is 0 Å². The maximum atomic E-state index is 13.9. The van der Waals surface area contributed by atoms with E-state index in [-0.39, 0.29) is 11.8 Å². The molecule has 1 rings (SSSR count). The van der Waals surface area contributed by atoms with Gasteiger partial charge in [-0.05, 0) is 43.9 Å². The number of hydrogen-bond donors (Lipinski definition) is 0. The highest BCUT2D eigenvalue weighted by Gasteiger charge is 2.37. The summed E-state index contributed by atoms with van der Waals surface area (Å²) in [5.74, 6) is -0.0997. The van der Waals surface area contributed by atoms with Gasteiger partial charge in [-0.15, -0.1) is 0 Å². The molecule has 1 aliphatic carbocycles. The van der Waals surface area contributed by atoms with Gasteiger partial charge in [0, 0.05) is 3.92 Å². The van der Waals surface area contributed by atoms with Crippen LogP contribution in [0.3, 0.4) is 0 Å². The molecule has 1 aliphatic rings. The smallest absolute Gasteiger partial charge is 0.134 e. The molecular formula is C16H29F2I. The summed E-state index contributed by atoms with van der Waals surface area (Å²) in [5, 5.41) is 0. The Morgan fingerprint density at radius 2 is 1.79 bits per heavy atom. The molecule has 1 fully saturated rings. The minimum absolute atomic E-state index is 0.0164. The van der Waals surface area contributed by atoms with Crippen LogP contribution in [-0.2, 0) is 0 Å². The minimum atomic E-state index is -1.22. The Bertz CT molecular complexity index is 235. The van der Waals surface area contributed by atoms with Crippen LogP contribution in [0.15, 0.2) is 0 Å². The lowest BCUT2D eigenvalue weighted by Crippen LogP contribution is -2.36. The normalized spacial score (nSPS) is 33.3. The molecule has 0 aliphatic heterocycles. The standard InChI is InChI=1S/C16H29F2I/c1-3-7-14(19)9-6-4-5-8-13-11-10-12(2)15(17)16(13)18/h12-16H,3-11H2,1-2H3. The highest BCUT2D eigenvalue weighted by Crippen LogP contribution is 2.36. The highest BCUT2D eigenvalue weighted by molar-refractivity contribution is 14.1. The molecule has 0 radical (unpaired) electrons. The van der Waals surface area contributed by atoms with Crippen LogP contribution in [0.1, 0.15) is 71.6 Å². The van der Waals surface area contributed by atoms with E-state index < -0.39 is 12.3 Å². The summed E-state index contributed by atoms with van der Waals surface area (Å²) in [6, 6.07) is 0. The highest BCUT2D eigenvalue weighted by atomic mass is 127. The van der Waals surface area contributed by atoms with E-state index in [0.717, 1.165) is 29.6 Å². The SMILES string of the molecule is CCCC(I)CCCCCC1CCC(C)C(F)C1F. The fraction of sp³-hybridized carbons (Fsp3) is 1.00. The van der Waals surface area contributed by atoms with E-state index in [4.69, 9.17) is 0 Å². The Kier molecular flexibility index (Phi) is 8.83. The van der Waals surface area contributed by atoms with Gasteiger partial charge in [-0.1, -0.05) is 62.1 Å². The topological polar surface area (TPSA) is 0 Å². The summed E-state index contributed by atoms with van der Waals surface area (Å²) in [7, 11) is 0. The van der Waals surface area contributed by atoms with Crippen LogP contribution in [0, 0.1) is 11.8 Å². The van der Waals surface area contributed by atoms with Gasteiger partial charge in [0.05, 0.1) is 0 Å². The molecular weight excluding hydrogens is 357 g/mol. The quantitative estimate of drug-likeness (QED) is 0.262. The Labute approximate surface area is 131 Å². The molecule has 114 valence electrons. The van der Waals surface area contributed by atoms with Gasteiger partial charge in [-0.25, -0.2) is 8.78 Å². The van der Waals surface area contributed by atoms with Gasteiger partial charge in [-0.2, -0.15) is 0 Å². The number of alkyl halides is 3. The lowest BCUT2D eigenvalue weighted by Gasteiger charge is -2.33. The molecule has 19 heavy (non-hydrogen) atoms. The van der Waals surface area contributed by atoms with Crippen LogP contribution in [0.4, 0.5) is 8.78 Å². The number of unbranched alkanes of at least 4 members (excludes halogenated alkanes) is 2. The first-order valence-corrected chi connectivity index (χ1v) is 9.23. The second-order valence-electron chi connectivity index (χ2n) is 6.23. The molecule has 0 nitrogen and oxygen atoms in total. The molecule has 0 N–H and O–H groups in total. The first-order chi connectivity index (χ1) is 9.06. The van der Waals surface area contributed by atoms with Gasteiger partial charge in [0.2, 0.25) is 0 Å².